The maximum atomic E-state index is 10.9. The van der Waals surface area contributed by atoms with Gasteiger partial charge in [-0.15, -0.1) is 0 Å². The highest BCUT2D eigenvalue weighted by Gasteiger charge is 2.09. The van der Waals surface area contributed by atoms with Gasteiger partial charge in [0.2, 0.25) is 9.04 Å². The van der Waals surface area contributed by atoms with Crippen molar-refractivity contribution in [2.24, 2.45) is 0 Å². The second-order valence-electron chi connectivity index (χ2n) is 3.05. The first kappa shape index (κ1) is 10.1. The molecule has 0 amide bonds. The lowest BCUT2D eigenvalue weighted by Crippen LogP contribution is -2.22. The van der Waals surface area contributed by atoms with Crippen molar-refractivity contribution in [3.63, 3.8) is 0 Å². The summed E-state index contributed by atoms with van der Waals surface area (Å²) < 4.78 is 5.48. The van der Waals surface area contributed by atoms with Crippen molar-refractivity contribution in [3.05, 3.63) is 35.9 Å². The summed E-state index contributed by atoms with van der Waals surface area (Å²) in [5, 5.41) is 0.205. The number of hydrogen-bond acceptors (Lipinski definition) is 2. The summed E-state index contributed by atoms with van der Waals surface area (Å²) in [5.74, 6) is 0. The van der Waals surface area contributed by atoms with E-state index in [0.29, 0.717) is 6.61 Å². The molecule has 3 heteroatoms. The van der Waals surface area contributed by atoms with E-state index in [-0.39, 0.29) is 5.41 Å². The zero-order valence-electron chi connectivity index (χ0n) is 7.99. The van der Waals surface area contributed by atoms with Crippen LogP contribution in [0.4, 0.5) is 0 Å². The average molecular weight is 194 g/mol. The van der Waals surface area contributed by atoms with Crippen LogP contribution in [0.15, 0.2) is 30.3 Å². The van der Waals surface area contributed by atoms with Gasteiger partial charge in [-0.1, -0.05) is 30.3 Å². The van der Waals surface area contributed by atoms with Crippen molar-refractivity contribution >= 4 is 14.4 Å². The van der Waals surface area contributed by atoms with Gasteiger partial charge < -0.3 is 9.22 Å². The van der Waals surface area contributed by atoms with Crippen molar-refractivity contribution in [3.8, 4) is 0 Å². The van der Waals surface area contributed by atoms with E-state index in [1.165, 1.54) is 0 Å². The number of carbonyl (C=O) groups is 1. The molecule has 0 heterocycles. The van der Waals surface area contributed by atoms with Crippen LogP contribution in [-0.4, -0.2) is 14.4 Å². The summed E-state index contributed by atoms with van der Waals surface area (Å²) >= 11 is 0. The van der Waals surface area contributed by atoms with Crippen LogP contribution in [-0.2, 0) is 15.8 Å². The summed E-state index contributed by atoms with van der Waals surface area (Å²) in [5.41, 5.74) is 1.13. The Labute approximate surface area is 80.3 Å². The van der Waals surface area contributed by atoms with Gasteiger partial charge in [-0.2, -0.15) is 0 Å². The fourth-order valence-corrected chi connectivity index (χ4v) is 1.59. The van der Waals surface area contributed by atoms with E-state index < -0.39 is 9.04 Å². The largest absolute Gasteiger partial charge is 0.408 e. The van der Waals surface area contributed by atoms with Gasteiger partial charge in [0.25, 0.3) is 0 Å². The first-order chi connectivity index (χ1) is 6.20. The normalized spacial score (nSPS) is 12.5. The minimum atomic E-state index is -1.58. The Morgan fingerprint density at radius 1 is 1.38 bits per heavy atom. The third kappa shape index (κ3) is 3.52. The van der Waals surface area contributed by atoms with Crippen LogP contribution in [0, 0.1) is 0 Å². The molecule has 1 aromatic carbocycles. The van der Waals surface area contributed by atoms with Crippen LogP contribution >= 0.6 is 0 Å². The molecule has 0 spiro atoms. The van der Waals surface area contributed by atoms with E-state index in [2.05, 4.69) is 0 Å². The Hall–Kier alpha value is -0.933. The Kier molecular flexibility index (Phi) is 3.86. The van der Waals surface area contributed by atoms with E-state index in [1.54, 1.807) is 6.92 Å². The van der Waals surface area contributed by atoms with Crippen LogP contribution in [0.2, 0.25) is 6.55 Å². The van der Waals surface area contributed by atoms with E-state index in [0.717, 1.165) is 5.56 Å². The molecule has 0 fully saturated rings. The lowest BCUT2D eigenvalue weighted by molar-refractivity contribution is -0.111. The molecule has 1 aromatic rings. The fraction of sp³-hybridized carbons (Fsp3) is 0.300. The van der Waals surface area contributed by atoms with Crippen LogP contribution in [0.5, 0.6) is 0 Å². The summed E-state index contributed by atoms with van der Waals surface area (Å²) in [6.07, 6.45) is 0. The topological polar surface area (TPSA) is 26.3 Å². The van der Waals surface area contributed by atoms with Gasteiger partial charge in [-0.25, -0.2) is 0 Å². The van der Waals surface area contributed by atoms with Crippen LogP contribution < -0.4 is 0 Å². The van der Waals surface area contributed by atoms with Crippen molar-refractivity contribution < 1.29 is 9.22 Å². The number of rotatable bonds is 4. The first-order valence-corrected chi connectivity index (χ1v) is 6.56. The number of benzene rings is 1. The Morgan fingerprint density at radius 3 is 2.54 bits per heavy atom. The second kappa shape index (κ2) is 4.94. The SMILES string of the molecule is CC(=O)[SiH](C)OCc1ccccc1. The molecule has 70 valence electrons. The zero-order chi connectivity index (χ0) is 9.68. The molecule has 0 N–H and O–H groups in total. The average Bonchev–Trinajstić information content (AvgIpc) is 2.15. The van der Waals surface area contributed by atoms with E-state index in [4.69, 9.17) is 4.43 Å². The molecule has 0 aliphatic heterocycles. The smallest absolute Gasteiger partial charge is 0.246 e. The van der Waals surface area contributed by atoms with Crippen LogP contribution in [0.25, 0.3) is 0 Å². The zero-order valence-corrected chi connectivity index (χ0v) is 9.14. The van der Waals surface area contributed by atoms with Crippen molar-refractivity contribution in [1.29, 1.82) is 0 Å². The molecule has 1 atom stereocenters. The third-order valence-corrected chi connectivity index (χ3v) is 3.73. The van der Waals surface area contributed by atoms with Gasteiger partial charge in [-0.3, -0.25) is 0 Å². The quantitative estimate of drug-likeness (QED) is 0.682. The molecule has 0 aliphatic carbocycles. The molecule has 0 radical (unpaired) electrons. The van der Waals surface area contributed by atoms with Gasteiger partial charge in [0, 0.05) is 0 Å². The number of hydrogen-bond donors (Lipinski definition) is 0. The molecular weight excluding hydrogens is 180 g/mol. The highest BCUT2D eigenvalue weighted by atomic mass is 28.3. The minimum absolute atomic E-state index is 0.205. The summed E-state index contributed by atoms with van der Waals surface area (Å²) in [6, 6.07) is 9.91. The first-order valence-electron chi connectivity index (χ1n) is 4.36. The lowest BCUT2D eigenvalue weighted by Gasteiger charge is -2.07. The molecule has 0 aliphatic rings. The second-order valence-corrected chi connectivity index (χ2v) is 5.48. The molecule has 0 bridgehead atoms. The maximum absolute atomic E-state index is 10.9. The van der Waals surface area contributed by atoms with Crippen LogP contribution in [0.1, 0.15) is 12.5 Å². The highest BCUT2D eigenvalue weighted by molar-refractivity contribution is 6.84. The Morgan fingerprint density at radius 2 is 2.00 bits per heavy atom. The molecule has 1 unspecified atom stereocenters. The van der Waals surface area contributed by atoms with Crippen molar-refractivity contribution in [2.75, 3.05) is 0 Å². The van der Waals surface area contributed by atoms with Gasteiger partial charge in [-0.05, 0) is 19.0 Å². The molecule has 0 saturated heterocycles. The predicted molar refractivity (Wildman–Crippen MR) is 54.9 cm³/mol. The molecule has 13 heavy (non-hydrogen) atoms. The van der Waals surface area contributed by atoms with Crippen LogP contribution in [0.3, 0.4) is 0 Å². The maximum Gasteiger partial charge on any atom is 0.246 e. The third-order valence-electron chi connectivity index (χ3n) is 1.92. The van der Waals surface area contributed by atoms with Gasteiger partial charge in [0.15, 0.2) is 0 Å². The lowest BCUT2D eigenvalue weighted by atomic mass is 10.2. The summed E-state index contributed by atoms with van der Waals surface area (Å²) in [4.78, 5) is 10.9. The predicted octanol–water partition coefficient (Wildman–Crippen LogP) is 1.69. The molecular formula is C10H14O2Si. The summed E-state index contributed by atoms with van der Waals surface area (Å²) in [7, 11) is -1.58. The summed E-state index contributed by atoms with van der Waals surface area (Å²) in [6.45, 7) is 4.07. The van der Waals surface area contributed by atoms with Gasteiger partial charge >= 0.3 is 0 Å². The van der Waals surface area contributed by atoms with Gasteiger partial charge in [0.05, 0.1) is 6.61 Å². The van der Waals surface area contributed by atoms with E-state index >= 15 is 0 Å². The van der Waals surface area contributed by atoms with E-state index in [9.17, 15) is 4.79 Å². The minimum Gasteiger partial charge on any atom is -0.408 e. The highest BCUT2D eigenvalue weighted by Crippen LogP contribution is 2.01. The molecule has 0 saturated carbocycles. The fourth-order valence-electron chi connectivity index (χ4n) is 0.913. The van der Waals surface area contributed by atoms with Gasteiger partial charge in [0.1, 0.15) is 5.41 Å². The molecule has 1 rings (SSSR count). The monoisotopic (exact) mass is 194 g/mol. The Bertz CT molecular complexity index is 272. The number of carbonyl (C=O) groups excluding carboxylic acids is 1. The van der Waals surface area contributed by atoms with E-state index in [1.807, 2.05) is 36.9 Å². The van der Waals surface area contributed by atoms with Crippen molar-refractivity contribution in [1.82, 2.24) is 0 Å². The standard InChI is InChI=1S/C10H14O2Si/c1-9(11)13(2)12-8-10-6-4-3-5-7-10/h3-7,13H,8H2,1-2H3. The molecule has 0 aromatic heterocycles. The Balaban J connectivity index is 2.39. The molecule has 2 nitrogen and oxygen atoms in total. The van der Waals surface area contributed by atoms with Crippen molar-refractivity contribution in [2.45, 2.75) is 20.1 Å².